The molecule has 0 saturated carbocycles. The molecule has 0 radical (unpaired) electrons. The number of nitrogens with zero attached hydrogens (tertiary/aromatic N) is 1. The van der Waals surface area contributed by atoms with E-state index in [1.807, 2.05) is 43.3 Å². The zero-order chi connectivity index (χ0) is 17.4. The summed E-state index contributed by atoms with van der Waals surface area (Å²) < 4.78 is 6.18. The number of aryl methyl sites for hydroxylation is 1. The molecule has 2 aromatic carbocycles. The lowest BCUT2D eigenvalue weighted by atomic mass is 10.2. The van der Waals surface area contributed by atoms with Gasteiger partial charge in [0.15, 0.2) is 6.61 Å². The molecule has 0 aliphatic rings. The Hall–Kier alpha value is -2.11. The predicted molar refractivity (Wildman–Crippen MR) is 102 cm³/mol. The molecule has 0 aromatic heterocycles. The van der Waals surface area contributed by atoms with E-state index in [4.69, 9.17) is 16.3 Å². The first-order chi connectivity index (χ1) is 11.5. The molecular weight excluding hydrogens is 392 g/mol. The number of hydrogen-bond donors (Lipinski definition) is 1. The van der Waals surface area contributed by atoms with Gasteiger partial charge in [0.2, 0.25) is 0 Å². The van der Waals surface area contributed by atoms with Gasteiger partial charge in [0.05, 0.1) is 6.21 Å². The Morgan fingerprint density at radius 2 is 2.04 bits per heavy atom. The van der Waals surface area contributed by atoms with Crippen LogP contribution in [0.5, 0.6) is 5.75 Å². The van der Waals surface area contributed by atoms with Crippen LogP contribution in [-0.4, -0.2) is 18.7 Å². The first-order valence-corrected chi connectivity index (χ1v) is 8.35. The zero-order valence-corrected chi connectivity index (χ0v) is 15.3. The van der Waals surface area contributed by atoms with E-state index in [2.05, 4.69) is 26.5 Å². The van der Waals surface area contributed by atoms with Crippen molar-refractivity contribution in [3.05, 3.63) is 69.2 Å². The smallest absolute Gasteiger partial charge is 0.277 e. The first kappa shape index (κ1) is 18.2. The SMILES string of the molecule is Cc1cc(Cl)ccc1OCC(=O)N/N=C\C(Br)=C\c1ccccc1. The number of hydrogen-bond acceptors (Lipinski definition) is 3. The summed E-state index contributed by atoms with van der Waals surface area (Å²) in [5.74, 6) is 0.268. The lowest BCUT2D eigenvalue weighted by Crippen LogP contribution is -2.24. The monoisotopic (exact) mass is 406 g/mol. The number of ether oxygens (including phenoxy) is 1. The second-order valence-corrected chi connectivity index (χ2v) is 6.28. The number of nitrogens with one attached hydrogen (secondary N) is 1. The van der Waals surface area contributed by atoms with Gasteiger partial charge in [-0.25, -0.2) is 5.43 Å². The minimum absolute atomic E-state index is 0.125. The van der Waals surface area contributed by atoms with E-state index in [1.54, 1.807) is 18.2 Å². The topological polar surface area (TPSA) is 50.7 Å². The number of carbonyl (C=O) groups is 1. The van der Waals surface area contributed by atoms with Gasteiger partial charge in [0.25, 0.3) is 5.91 Å². The van der Waals surface area contributed by atoms with Crippen LogP contribution in [0.15, 0.2) is 58.1 Å². The van der Waals surface area contributed by atoms with Gasteiger partial charge < -0.3 is 4.74 Å². The van der Waals surface area contributed by atoms with Crippen LogP contribution in [0.4, 0.5) is 0 Å². The highest BCUT2D eigenvalue weighted by molar-refractivity contribution is 9.12. The third-order valence-corrected chi connectivity index (χ3v) is 3.65. The number of amides is 1. The Morgan fingerprint density at radius 1 is 1.29 bits per heavy atom. The molecule has 0 aliphatic carbocycles. The van der Waals surface area contributed by atoms with Crippen LogP contribution in [0.1, 0.15) is 11.1 Å². The van der Waals surface area contributed by atoms with Gasteiger partial charge in [-0.15, -0.1) is 0 Å². The number of benzene rings is 2. The van der Waals surface area contributed by atoms with Gasteiger partial charge in [0, 0.05) is 9.51 Å². The van der Waals surface area contributed by atoms with Crippen LogP contribution in [0.3, 0.4) is 0 Å². The zero-order valence-electron chi connectivity index (χ0n) is 13.0. The number of carbonyl (C=O) groups excluding carboxylic acids is 1. The van der Waals surface area contributed by atoms with Crippen molar-refractivity contribution in [2.75, 3.05) is 6.61 Å². The summed E-state index contributed by atoms with van der Waals surface area (Å²) in [6.07, 6.45) is 3.40. The summed E-state index contributed by atoms with van der Waals surface area (Å²) in [6.45, 7) is 1.74. The summed E-state index contributed by atoms with van der Waals surface area (Å²) >= 11 is 9.25. The van der Waals surface area contributed by atoms with Crippen LogP contribution in [0, 0.1) is 6.92 Å². The van der Waals surface area contributed by atoms with Crippen molar-refractivity contribution < 1.29 is 9.53 Å². The van der Waals surface area contributed by atoms with E-state index < -0.39 is 0 Å². The van der Waals surface area contributed by atoms with E-state index in [9.17, 15) is 4.79 Å². The Kier molecular flexibility index (Phi) is 7.03. The molecule has 2 rings (SSSR count). The maximum absolute atomic E-state index is 11.7. The van der Waals surface area contributed by atoms with Gasteiger partial charge in [-0.05, 0) is 58.3 Å². The number of allylic oxidation sites excluding steroid dienone is 1. The normalized spacial score (nSPS) is 11.5. The molecule has 1 N–H and O–H groups in total. The van der Waals surface area contributed by atoms with Gasteiger partial charge in [-0.1, -0.05) is 41.9 Å². The summed E-state index contributed by atoms with van der Waals surface area (Å²) in [4.78, 5) is 11.7. The summed E-state index contributed by atoms with van der Waals surface area (Å²) in [7, 11) is 0. The highest BCUT2D eigenvalue weighted by atomic mass is 79.9. The van der Waals surface area contributed by atoms with Crippen molar-refractivity contribution in [1.82, 2.24) is 5.43 Å². The van der Waals surface area contributed by atoms with Gasteiger partial charge >= 0.3 is 0 Å². The Bertz CT molecular complexity index is 761. The molecule has 6 heteroatoms. The van der Waals surface area contributed by atoms with Crippen LogP contribution in [-0.2, 0) is 4.79 Å². The van der Waals surface area contributed by atoms with E-state index in [-0.39, 0.29) is 12.5 Å². The van der Waals surface area contributed by atoms with E-state index in [0.29, 0.717) is 10.8 Å². The van der Waals surface area contributed by atoms with Crippen LogP contribution in [0.2, 0.25) is 5.02 Å². The molecule has 0 spiro atoms. The van der Waals surface area contributed by atoms with Crippen molar-refractivity contribution in [3.8, 4) is 5.75 Å². The Balaban J connectivity index is 1.81. The fourth-order valence-corrected chi connectivity index (χ4v) is 2.46. The van der Waals surface area contributed by atoms with Crippen molar-refractivity contribution >= 4 is 45.7 Å². The number of hydrazone groups is 1. The second kappa shape index (κ2) is 9.25. The van der Waals surface area contributed by atoms with Gasteiger partial charge in [-0.2, -0.15) is 5.10 Å². The summed E-state index contributed by atoms with van der Waals surface area (Å²) in [5.41, 5.74) is 4.31. The average Bonchev–Trinajstić information content (AvgIpc) is 2.55. The molecule has 0 bridgehead atoms. The third-order valence-electron chi connectivity index (χ3n) is 2.98. The van der Waals surface area contributed by atoms with E-state index in [1.165, 1.54) is 6.21 Å². The van der Waals surface area contributed by atoms with Crippen LogP contribution < -0.4 is 10.2 Å². The largest absolute Gasteiger partial charge is 0.483 e. The van der Waals surface area contributed by atoms with Gasteiger partial charge in [-0.3, -0.25) is 4.79 Å². The minimum Gasteiger partial charge on any atom is -0.483 e. The molecule has 124 valence electrons. The fraction of sp³-hybridized carbons (Fsp3) is 0.111. The predicted octanol–water partition coefficient (Wildman–Crippen LogP) is 4.57. The highest BCUT2D eigenvalue weighted by Crippen LogP contribution is 2.21. The van der Waals surface area contributed by atoms with Crippen molar-refractivity contribution in [3.63, 3.8) is 0 Å². The molecule has 0 unspecified atom stereocenters. The molecule has 0 fully saturated rings. The van der Waals surface area contributed by atoms with Crippen molar-refractivity contribution in [1.29, 1.82) is 0 Å². The number of rotatable bonds is 6. The molecule has 1 amide bonds. The molecule has 0 atom stereocenters. The molecule has 0 aliphatic heterocycles. The minimum atomic E-state index is -0.347. The summed E-state index contributed by atoms with van der Waals surface area (Å²) in [6, 6.07) is 15.0. The second-order valence-electron chi connectivity index (χ2n) is 4.93. The quantitative estimate of drug-likeness (QED) is 0.563. The summed E-state index contributed by atoms with van der Waals surface area (Å²) in [5, 5.41) is 4.50. The van der Waals surface area contributed by atoms with Crippen LogP contribution >= 0.6 is 27.5 Å². The average molecular weight is 408 g/mol. The third kappa shape index (κ3) is 6.18. The molecule has 24 heavy (non-hydrogen) atoms. The molecule has 4 nitrogen and oxygen atoms in total. The van der Waals surface area contributed by atoms with E-state index in [0.717, 1.165) is 15.6 Å². The van der Waals surface area contributed by atoms with Gasteiger partial charge in [0.1, 0.15) is 5.75 Å². The highest BCUT2D eigenvalue weighted by Gasteiger charge is 2.04. The molecule has 0 saturated heterocycles. The standard InChI is InChI=1S/C18H16BrClN2O2/c1-13-9-16(20)7-8-17(13)24-12-18(23)22-21-11-15(19)10-14-5-3-2-4-6-14/h2-11H,12H2,1H3,(H,22,23)/b15-10-,21-11-. The molecular formula is C18H16BrClN2O2. The van der Waals surface area contributed by atoms with Crippen molar-refractivity contribution in [2.45, 2.75) is 6.92 Å². The first-order valence-electron chi connectivity index (χ1n) is 7.17. The Morgan fingerprint density at radius 3 is 2.75 bits per heavy atom. The van der Waals surface area contributed by atoms with Crippen LogP contribution in [0.25, 0.3) is 6.08 Å². The van der Waals surface area contributed by atoms with E-state index >= 15 is 0 Å². The maximum Gasteiger partial charge on any atom is 0.277 e. The molecule has 2 aromatic rings. The number of halogens is 2. The maximum atomic E-state index is 11.7. The lowest BCUT2D eigenvalue weighted by molar-refractivity contribution is -0.123. The van der Waals surface area contributed by atoms with Crippen molar-refractivity contribution in [2.24, 2.45) is 5.10 Å². The Labute approximate surface area is 154 Å². The lowest BCUT2D eigenvalue weighted by Gasteiger charge is -2.08. The fourth-order valence-electron chi connectivity index (χ4n) is 1.86. The molecule has 0 heterocycles.